The van der Waals surface area contributed by atoms with Gasteiger partial charge in [-0.3, -0.25) is 19.3 Å². The molecular formula is C16H13Br2NO5S. The lowest BCUT2D eigenvalue weighted by molar-refractivity contribution is -0.143. The van der Waals surface area contributed by atoms with Crippen molar-refractivity contribution in [3.05, 3.63) is 44.2 Å². The van der Waals surface area contributed by atoms with Crippen molar-refractivity contribution in [2.45, 2.75) is 0 Å². The highest BCUT2D eigenvalue weighted by Crippen LogP contribution is 2.37. The van der Waals surface area contributed by atoms with Crippen LogP contribution in [0.2, 0.25) is 0 Å². The highest BCUT2D eigenvalue weighted by Gasteiger charge is 2.36. The smallest absolute Gasteiger partial charge is 0.325 e. The van der Waals surface area contributed by atoms with Crippen LogP contribution in [0, 0.1) is 0 Å². The van der Waals surface area contributed by atoms with Gasteiger partial charge in [-0.25, -0.2) is 0 Å². The highest BCUT2D eigenvalue weighted by atomic mass is 79.9. The quantitative estimate of drug-likeness (QED) is 0.341. The van der Waals surface area contributed by atoms with Crippen molar-refractivity contribution in [3.63, 3.8) is 0 Å². The Morgan fingerprint density at radius 2 is 1.96 bits per heavy atom. The first-order chi connectivity index (χ1) is 11.9. The first kappa shape index (κ1) is 19.7. The molecule has 1 aromatic carbocycles. The summed E-state index contributed by atoms with van der Waals surface area (Å²) in [6, 6.07) is 3.52. The van der Waals surface area contributed by atoms with Crippen LogP contribution in [0.15, 0.2) is 38.6 Å². The summed E-state index contributed by atoms with van der Waals surface area (Å²) in [7, 11) is 1.20. The first-order valence-electron chi connectivity index (χ1n) is 6.92. The van der Waals surface area contributed by atoms with Crippen molar-refractivity contribution in [1.82, 2.24) is 4.90 Å². The van der Waals surface area contributed by atoms with Gasteiger partial charge in [0.25, 0.3) is 11.1 Å². The number of thioether (sulfide) groups is 1. The number of carbonyl (C=O) groups is 3. The molecular weight excluding hydrogens is 478 g/mol. The van der Waals surface area contributed by atoms with E-state index in [1.807, 2.05) is 0 Å². The number of carbonyl (C=O) groups excluding carboxylic acids is 3. The predicted octanol–water partition coefficient (Wildman–Crippen LogP) is 3.99. The number of nitrogens with zero attached hydrogens (tertiary/aromatic N) is 1. The van der Waals surface area contributed by atoms with Crippen molar-refractivity contribution in [1.29, 1.82) is 0 Å². The third kappa shape index (κ3) is 4.74. The van der Waals surface area contributed by atoms with Gasteiger partial charge < -0.3 is 9.47 Å². The van der Waals surface area contributed by atoms with E-state index in [0.29, 0.717) is 26.9 Å². The lowest BCUT2D eigenvalue weighted by Crippen LogP contribution is -2.34. The maximum Gasteiger partial charge on any atom is 0.325 e. The third-order valence-electron chi connectivity index (χ3n) is 3.05. The van der Waals surface area contributed by atoms with Crippen LogP contribution in [0.5, 0.6) is 5.75 Å². The van der Waals surface area contributed by atoms with Crippen molar-refractivity contribution < 1.29 is 23.9 Å². The molecule has 2 rings (SSSR count). The molecule has 0 radical (unpaired) electrons. The zero-order valence-corrected chi connectivity index (χ0v) is 17.1. The number of imide groups is 1. The van der Waals surface area contributed by atoms with E-state index < -0.39 is 23.7 Å². The summed E-state index contributed by atoms with van der Waals surface area (Å²) in [5.74, 6) is -0.576. The minimum absolute atomic E-state index is 0.229. The number of halogens is 2. The largest absolute Gasteiger partial charge is 0.487 e. The molecule has 1 aliphatic heterocycles. The van der Waals surface area contributed by atoms with Gasteiger partial charge >= 0.3 is 5.97 Å². The Hall–Kier alpha value is -1.58. The molecule has 0 bridgehead atoms. The number of rotatable bonds is 6. The van der Waals surface area contributed by atoms with Crippen LogP contribution in [-0.4, -0.2) is 42.3 Å². The second-order valence-corrected chi connectivity index (χ2v) is 7.46. The van der Waals surface area contributed by atoms with Gasteiger partial charge in [-0.15, -0.1) is 0 Å². The molecule has 2 amide bonds. The first-order valence-corrected chi connectivity index (χ1v) is 9.32. The maximum absolute atomic E-state index is 12.3. The van der Waals surface area contributed by atoms with E-state index in [4.69, 9.17) is 4.74 Å². The van der Waals surface area contributed by atoms with E-state index in [1.54, 1.807) is 24.3 Å². The van der Waals surface area contributed by atoms with E-state index in [-0.39, 0.29) is 4.91 Å². The molecule has 0 aromatic heterocycles. The Bertz CT molecular complexity index is 755. The number of methoxy groups -OCH3 is 1. The average Bonchev–Trinajstić information content (AvgIpc) is 2.81. The molecule has 6 nitrogen and oxygen atoms in total. The van der Waals surface area contributed by atoms with Crippen molar-refractivity contribution >= 4 is 66.8 Å². The zero-order valence-electron chi connectivity index (χ0n) is 13.1. The van der Waals surface area contributed by atoms with Crippen LogP contribution >= 0.6 is 43.6 Å². The van der Waals surface area contributed by atoms with Gasteiger partial charge in [0.05, 0.1) is 21.0 Å². The monoisotopic (exact) mass is 489 g/mol. The number of benzene rings is 1. The molecule has 9 heteroatoms. The van der Waals surface area contributed by atoms with Crippen molar-refractivity contribution in [3.8, 4) is 5.75 Å². The van der Waals surface area contributed by atoms with Gasteiger partial charge in [-0.05, 0) is 67.4 Å². The molecule has 0 atom stereocenters. The average molecular weight is 491 g/mol. The number of hydrogen-bond donors (Lipinski definition) is 0. The molecule has 0 N–H and O–H groups in total. The fourth-order valence-corrected chi connectivity index (χ4v) is 4.21. The van der Waals surface area contributed by atoms with Crippen molar-refractivity contribution in [2.24, 2.45) is 0 Å². The highest BCUT2D eigenvalue weighted by molar-refractivity contribution is 9.11. The summed E-state index contributed by atoms with van der Waals surface area (Å²) in [5.41, 5.74) is 0.688. The Labute approximate surface area is 165 Å². The molecule has 1 aromatic rings. The number of hydrogen-bond acceptors (Lipinski definition) is 6. The molecule has 0 saturated carbocycles. The summed E-state index contributed by atoms with van der Waals surface area (Å²) in [5, 5.41) is -0.509. The summed E-state index contributed by atoms with van der Waals surface area (Å²) < 4.78 is 11.4. The van der Waals surface area contributed by atoms with Crippen LogP contribution < -0.4 is 4.74 Å². The topological polar surface area (TPSA) is 72.9 Å². The molecule has 0 aliphatic carbocycles. The van der Waals surface area contributed by atoms with Crippen molar-refractivity contribution in [2.75, 3.05) is 20.3 Å². The van der Waals surface area contributed by atoms with E-state index in [9.17, 15) is 14.4 Å². The summed E-state index contributed by atoms with van der Waals surface area (Å²) in [6.45, 7) is 3.54. The lowest BCUT2D eigenvalue weighted by Gasteiger charge is -2.10. The van der Waals surface area contributed by atoms with Crippen LogP contribution in [-0.2, 0) is 14.3 Å². The Kier molecular flexibility index (Phi) is 6.86. The summed E-state index contributed by atoms with van der Waals surface area (Å²) in [4.78, 5) is 36.6. The molecule has 132 valence electrons. The third-order valence-corrected chi connectivity index (χ3v) is 5.14. The number of esters is 1. The molecule has 25 heavy (non-hydrogen) atoms. The van der Waals surface area contributed by atoms with Gasteiger partial charge in [0.2, 0.25) is 0 Å². The van der Waals surface area contributed by atoms with E-state index >= 15 is 0 Å². The maximum atomic E-state index is 12.3. The second-order valence-electron chi connectivity index (χ2n) is 4.76. The second kappa shape index (κ2) is 8.68. The summed E-state index contributed by atoms with van der Waals surface area (Å²) >= 11 is 7.59. The lowest BCUT2D eigenvalue weighted by atomic mass is 10.2. The zero-order chi connectivity index (χ0) is 18.6. The van der Waals surface area contributed by atoms with Gasteiger partial charge in [0.15, 0.2) is 0 Å². The minimum Gasteiger partial charge on any atom is -0.487 e. The SMILES string of the molecule is C=CCOc1c(Br)cc(/C=C2/SC(=O)N(CC(=O)OC)C2=O)cc1Br. The van der Waals surface area contributed by atoms with Gasteiger partial charge in [0, 0.05) is 0 Å². The number of amides is 2. The molecule has 1 heterocycles. The molecule has 0 unspecified atom stereocenters. The minimum atomic E-state index is -0.655. The normalized spacial score (nSPS) is 15.6. The van der Waals surface area contributed by atoms with E-state index in [2.05, 4.69) is 43.2 Å². The fourth-order valence-electron chi connectivity index (χ4n) is 1.92. The molecule has 1 aliphatic rings. The molecule has 1 fully saturated rings. The fraction of sp³-hybridized carbons (Fsp3) is 0.188. The van der Waals surface area contributed by atoms with E-state index in [1.165, 1.54) is 7.11 Å². The Balaban J connectivity index is 2.26. The van der Waals surface area contributed by atoms with Gasteiger partial charge in [-0.1, -0.05) is 12.7 Å². The van der Waals surface area contributed by atoms with Gasteiger partial charge in [0.1, 0.15) is 18.9 Å². The summed E-state index contributed by atoms with van der Waals surface area (Å²) in [6.07, 6.45) is 3.21. The van der Waals surface area contributed by atoms with Crippen LogP contribution in [0.3, 0.4) is 0 Å². The van der Waals surface area contributed by atoms with E-state index in [0.717, 1.165) is 16.7 Å². The van der Waals surface area contributed by atoms with Gasteiger partial charge in [-0.2, -0.15) is 0 Å². The predicted molar refractivity (Wildman–Crippen MR) is 102 cm³/mol. The van der Waals surface area contributed by atoms with Crippen LogP contribution in [0.1, 0.15) is 5.56 Å². The van der Waals surface area contributed by atoms with Crippen LogP contribution in [0.25, 0.3) is 6.08 Å². The van der Waals surface area contributed by atoms with Crippen LogP contribution in [0.4, 0.5) is 4.79 Å². The molecule has 1 saturated heterocycles. The molecule has 0 spiro atoms. The standard InChI is InChI=1S/C16H13Br2NO5S/c1-3-4-24-14-10(17)5-9(6-11(14)18)7-12-15(21)19(16(22)25-12)8-13(20)23-2/h3,5-7H,1,4,8H2,2H3/b12-7+. The Morgan fingerprint density at radius 3 is 2.52 bits per heavy atom. The number of ether oxygens (including phenoxy) is 2. The Morgan fingerprint density at radius 1 is 1.32 bits per heavy atom.